The fourth-order valence-corrected chi connectivity index (χ4v) is 12.9. The largest absolute Gasteiger partial charge is 0.489 e. The number of nitrogens with zero attached hydrogens (tertiary/aromatic N) is 1. The van der Waals surface area contributed by atoms with Crippen molar-refractivity contribution in [1.82, 2.24) is 4.90 Å². The van der Waals surface area contributed by atoms with Gasteiger partial charge in [0.25, 0.3) is 0 Å². The highest BCUT2D eigenvalue weighted by atomic mass is 16.5. The van der Waals surface area contributed by atoms with Gasteiger partial charge in [0.1, 0.15) is 11.9 Å². The van der Waals surface area contributed by atoms with Gasteiger partial charge in [0, 0.05) is 35.4 Å². The quantitative estimate of drug-likeness (QED) is 0.245. The van der Waals surface area contributed by atoms with Crippen LogP contribution in [-0.2, 0) is 4.74 Å². The van der Waals surface area contributed by atoms with Crippen LogP contribution in [0.25, 0.3) is 5.57 Å². The second-order valence-electron chi connectivity index (χ2n) is 19.6. The van der Waals surface area contributed by atoms with Gasteiger partial charge in [0.15, 0.2) is 0 Å². The number of fused-ring (bicyclic) bond motifs is 3. The molecule has 1 saturated heterocycles. The summed E-state index contributed by atoms with van der Waals surface area (Å²) >= 11 is 0. The van der Waals surface area contributed by atoms with E-state index in [1.807, 2.05) is 0 Å². The summed E-state index contributed by atoms with van der Waals surface area (Å²) in [5.41, 5.74) is 8.90. The Labute approximate surface area is 344 Å². The van der Waals surface area contributed by atoms with Crippen molar-refractivity contribution in [2.24, 2.45) is 35.0 Å². The zero-order valence-corrected chi connectivity index (χ0v) is 34.7. The van der Waals surface area contributed by atoms with Crippen molar-refractivity contribution in [2.75, 3.05) is 0 Å². The average molecular weight is 758 g/mol. The Morgan fingerprint density at radius 2 is 1.47 bits per heavy atom. The summed E-state index contributed by atoms with van der Waals surface area (Å²) in [5, 5.41) is 0. The van der Waals surface area contributed by atoms with Crippen LogP contribution in [0.2, 0.25) is 0 Å². The highest BCUT2D eigenvalue weighted by molar-refractivity contribution is 5.76. The van der Waals surface area contributed by atoms with Crippen molar-refractivity contribution < 1.29 is 4.74 Å². The second kappa shape index (κ2) is 16.6. The van der Waals surface area contributed by atoms with E-state index < -0.39 is 0 Å². The predicted octanol–water partition coefficient (Wildman–Crippen LogP) is 13.9. The molecule has 3 fully saturated rings. The summed E-state index contributed by atoms with van der Waals surface area (Å²) in [6.07, 6.45) is 59.0. The van der Waals surface area contributed by atoms with E-state index in [4.69, 9.17) is 4.74 Å². The molecule has 0 bridgehead atoms. The van der Waals surface area contributed by atoms with Crippen molar-refractivity contribution in [2.45, 2.75) is 147 Å². The molecular formula is C55H67NO. The van der Waals surface area contributed by atoms with Gasteiger partial charge in [-0.05, 0) is 141 Å². The van der Waals surface area contributed by atoms with Gasteiger partial charge in [-0.25, -0.2) is 0 Å². The van der Waals surface area contributed by atoms with Crippen molar-refractivity contribution in [3.63, 3.8) is 0 Å². The lowest BCUT2D eigenvalue weighted by Gasteiger charge is -2.46. The van der Waals surface area contributed by atoms with Crippen molar-refractivity contribution in [3.05, 3.63) is 149 Å². The van der Waals surface area contributed by atoms with Crippen LogP contribution >= 0.6 is 0 Å². The standard InChI is InChI=1S/C55H67NO/c1-55-38-48(41-15-9-4-10-16-41)28-36-54(55)57-53-35-27-47(37-52(53)55)46-19-17-42(18-20-46)45-25-33-51(34-26-45)56(49-29-21-43(22-30-49)39-11-5-2-6-12-39)50-31-23-44(24-32-50)40-13-7-3-8-14-40/h4-5,9-11,15-17,21-22,25-29,33,35-36,38-40,44,46,49-52,54H,2-3,6-8,12-14,18-20,23-24,30-32,34,37H2,1H3. The van der Waals surface area contributed by atoms with Crippen LogP contribution in [-0.4, -0.2) is 29.1 Å². The Morgan fingerprint density at radius 3 is 2.19 bits per heavy atom. The highest BCUT2D eigenvalue weighted by Gasteiger charge is 2.51. The summed E-state index contributed by atoms with van der Waals surface area (Å²) in [7, 11) is 0. The summed E-state index contributed by atoms with van der Waals surface area (Å²) in [6, 6.07) is 12.6. The van der Waals surface area contributed by atoms with Gasteiger partial charge in [-0.15, -0.1) is 0 Å². The van der Waals surface area contributed by atoms with E-state index in [1.54, 1.807) is 16.7 Å². The minimum absolute atomic E-state index is 0.0174. The van der Waals surface area contributed by atoms with Crippen LogP contribution in [0.4, 0.5) is 0 Å². The van der Waals surface area contributed by atoms with Crippen LogP contribution < -0.4 is 0 Å². The molecule has 57 heavy (non-hydrogen) atoms. The highest BCUT2D eigenvalue weighted by Crippen LogP contribution is 2.55. The van der Waals surface area contributed by atoms with Crippen molar-refractivity contribution in [3.8, 4) is 0 Å². The van der Waals surface area contributed by atoms with Crippen molar-refractivity contribution in [1.29, 1.82) is 0 Å². The predicted molar refractivity (Wildman–Crippen MR) is 238 cm³/mol. The SMILES string of the molecule is CC12C=C(c3ccccc3)C=CC1OC1=CC=C(C3CC=C(C4=CCC(N(C5C=CC(C6C=CCCC6)=CC5)C5CCC(C6CCCCC6)CC5)C=C4)CC3)CC12. The van der Waals surface area contributed by atoms with E-state index in [9.17, 15) is 0 Å². The van der Waals surface area contributed by atoms with Gasteiger partial charge >= 0.3 is 0 Å². The minimum Gasteiger partial charge on any atom is -0.489 e. The summed E-state index contributed by atoms with van der Waals surface area (Å²) < 4.78 is 6.60. The van der Waals surface area contributed by atoms with E-state index in [0.717, 1.165) is 31.1 Å². The minimum atomic E-state index is -0.0174. The van der Waals surface area contributed by atoms with Crippen LogP contribution in [0, 0.1) is 35.0 Å². The molecule has 0 amide bonds. The van der Waals surface area contributed by atoms with Crippen LogP contribution in [0.15, 0.2) is 143 Å². The Bertz CT molecular complexity index is 1950. The Hall–Kier alpha value is -3.62. The van der Waals surface area contributed by atoms with E-state index >= 15 is 0 Å². The van der Waals surface area contributed by atoms with E-state index in [-0.39, 0.29) is 11.5 Å². The fraction of sp³-hybridized carbons (Fsp3) is 0.527. The normalized spacial score (nSPS) is 36.6. The maximum Gasteiger partial charge on any atom is 0.126 e. The molecule has 9 aliphatic rings. The van der Waals surface area contributed by atoms with E-state index in [2.05, 4.69) is 127 Å². The summed E-state index contributed by atoms with van der Waals surface area (Å²) in [4.78, 5) is 3.00. The molecule has 0 aromatic heterocycles. The monoisotopic (exact) mass is 758 g/mol. The average Bonchev–Trinajstić information content (AvgIpc) is 3.59. The zero-order chi connectivity index (χ0) is 38.2. The molecule has 0 N–H and O–H groups in total. The number of hydrogen-bond acceptors (Lipinski definition) is 2. The Morgan fingerprint density at radius 1 is 0.684 bits per heavy atom. The fourth-order valence-electron chi connectivity index (χ4n) is 12.9. The Balaban J connectivity index is 0.796. The maximum atomic E-state index is 6.60. The molecule has 10 rings (SSSR count). The molecule has 7 atom stereocenters. The molecule has 1 aliphatic heterocycles. The number of hydrogen-bond donors (Lipinski definition) is 0. The van der Waals surface area contributed by atoms with Crippen LogP contribution in [0.1, 0.15) is 128 Å². The first-order valence-electron chi connectivity index (χ1n) is 23.5. The summed E-state index contributed by atoms with van der Waals surface area (Å²) in [6.45, 7) is 2.43. The van der Waals surface area contributed by atoms with Gasteiger partial charge in [-0.3, -0.25) is 4.90 Å². The first-order chi connectivity index (χ1) is 28.1. The lowest BCUT2D eigenvalue weighted by molar-refractivity contribution is 0.0670. The molecule has 7 unspecified atom stereocenters. The third-order valence-corrected chi connectivity index (χ3v) is 16.3. The van der Waals surface area contributed by atoms with E-state index in [0.29, 0.717) is 35.9 Å². The molecule has 298 valence electrons. The topological polar surface area (TPSA) is 12.5 Å². The molecule has 0 radical (unpaired) electrons. The molecule has 8 aliphatic carbocycles. The zero-order valence-electron chi connectivity index (χ0n) is 34.7. The van der Waals surface area contributed by atoms with Crippen LogP contribution in [0.5, 0.6) is 0 Å². The smallest absolute Gasteiger partial charge is 0.126 e. The van der Waals surface area contributed by atoms with E-state index in [1.165, 1.54) is 119 Å². The van der Waals surface area contributed by atoms with Crippen molar-refractivity contribution >= 4 is 5.57 Å². The van der Waals surface area contributed by atoms with Gasteiger partial charge in [-0.2, -0.15) is 0 Å². The molecule has 1 aromatic carbocycles. The number of benzene rings is 1. The molecule has 1 heterocycles. The Kier molecular flexibility index (Phi) is 10.9. The van der Waals surface area contributed by atoms with Gasteiger partial charge in [-0.1, -0.05) is 148 Å². The molecule has 1 aromatic rings. The maximum absolute atomic E-state index is 6.60. The lowest BCUT2D eigenvalue weighted by Crippen LogP contribution is -2.50. The van der Waals surface area contributed by atoms with Gasteiger partial charge < -0.3 is 4.74 Å². The second-order valence-corrected chi connectivity index (χ2v) is 19.6. The number of rotatable bonds is 8. The molecular weight excluding hydrogens is 691 g/mol. The number of ether oxygens (including phenoxy) is 1. The van der Waals surface area contributed by atoms with Crippen LogP contribution in [0.3, 0.4) is 0 Å². The first kappa shape index (κ1) is 37.6. The van der Waals surface area contributed by atoms with Gasteiger partial charge in [0.05, 0.1) is 0 Å². The third kappa shape index (κ3) is 7.70. The molecule has 2 heteroatoms. The molecule has 2 saturated carbocycles. The first-order valence-corrected chi connectivity index (χ1v) is 23.5. The lowest BCUT2D eigenvalue weighted by atomic mass is 9.65. The summed E-state index contributed by atoms with van der Waals surface area (Å²) in [5.74, 6) is 4.85. The number of allylic oxidation sites excluding steroid dienone is 14. The molecule has 0 spiro atoms. The molecule has 2 nitrogen and oxygen atoms in total. The van der Waals surface area contributed by atoms with Gasteiger partial charge in [0.2, 0.25) is 0 Å². The third-order valence-electron chi connectivity index (χ3n) is 16.3.